The van der Waals surface area contributed by atoms with Crippen molar-refractivity contribution < 1.29 is 37.1 Å². The molecule has 0 saturated carbocycles. The zero-order valence-corrected chi connectivity index (χ0v) is 19.3. The molecule has 1 aromatic carbocycles. The number of carbonyl (C=O) groups excluding carboxylic acids is 4. The number of ether oxygens (including phenoxy) is 2. The Morgan fingerprint density at radius 1 is 1.03 bits per heavy atom. The van der Waals surface area contributed by atoms with Crippen LogP contribution < -0.4 is 0 Å². The van der Waals surface area contributed by atoms with Crippen LogP contribution in [-0.2, 0) is 28.9 Å². The molecule has 1 rings (SSSR count). The normalized spacial score (nSPS) is 13.0. The van der Waals surface area contributed by atoms with Gasteiger partial charge in [-0.2, -0.15) is 0 Å². The summed E-state index contributed by atoms with van der Waals surface area (Å²) in [6.45, 7) is 10.4. The Kier molecular flexibility index (Phi) is 7.71. The van der Waals surface area contributed by atoms with Crippen LogP contribution in [0.15, 0.2) is 17.0 Å². The molecule has 0 heterocycles. The summed E-state index contributed by atoms with van der Waals surface area (Å²) in [5, 5.41) is 0. The maximum Gasteiger partial charge on any atom is 0.340 e. The molecular formula is C21H28O8S. The molecule has 30 heavy (non-hydrogen) atoms. The van der Waals surface area contributed by atoms with E-state index in [0.29, 0.717) is 0 Å². The van der Waals surface area contributed by atoms with E-state index >= 15 is 0 Å². The van der Waals surface area contributed by atoms with Crippen molar-refractivity contribution in [2.24, 2.45) is 5.92 Å². The van der Waals surface area contributed by atoms with E-state index in [1.165, 1.54) is 13.0 Å². The number of sulfone groups is 1. The van der Waals surface area contributed by atoms with Crippen molar-refractivity contribution >= 4 is 33.3 Å². The summed E-state index contributed by atoms with van der Waals surface area (Å²) in [4.78, 5) is 49.9. The fourth-order valence-electron chi connectivity index (χ4n) is 2.76. The number of ketones is 2. The Morgan fingerprint density at radius 2 is 1.57 bits per heavy atom. The highest BCUT2D eigenvalue weighted by Gasteiger charge is 2.37. The molecule has 0 bridgehead atoms. The van der Waals surface area contributed by atoms with Gasteiger partial charge in [0.2, 0.25) is 0 Å². The van der Waals surface area contributed by atoms with Gasteiger partial charge in [-0.1, -0.05) is 0 Å². The van der Waals surface area contributed by atoms with Crippen LogP contribution in [0.5, 0.6) is 0 Å². The van der Waals surface area contributed by atoms with Gasteiger partial charge < -0.3 is 9.47 Å². The minimum absolute atomic E-state index is 0.00313. The molecule has 0 radical (unpaired) electrons. The lowest BCUT2D eigenvalue weighted by molar-refractivity contribution is -0.159. The van der Waals surface area contributed by atoms with Crippen molar-refractivity contribution in [3.63, 3.8) is 0 Å². The first kappa shape index (κ1) is 25.5. The van der Waals surface area contributed by atoms with E-state index in [2.05, 4.69) is 0 Å². The maximum atomic E-state index is 13.1. The van der Waals surface area contributed by atoms with Gasteiger partial charge in [-0.3, -0.25) is 14.4 Å². The van der Waals surface area contributed by atoms with E-state index in [-0.39, 0.29) is 21.6 Å². The van der Waals surface area contributed by atoms with Crippen molar-refractivity contribution in [1.29, 1.82) is 0 Å². The van der Waals surface area contributed by atoms with Gasteiger partial charge in [-0.25, -0.2) is 13.2 Å². The second kappa shape index (κ2) is 9.07. The average Bonchev–Trinajstić information content (AvgIpc) is 2.50. The predicted molar refractivity (Wildman–Crippen MR) is 109 cm³/mol. The molecule has 1 unspecified atom stereocenters. The summed E-state index contributed by atoms with van der Waals surface area (Å²) < 4.78 is 34.6. The van der Waals surface area contributed by atoms with Crippen molar-refractivity contribution in [3.8, 4) is 0 Å². The number of benzene rings is 1. The number of hydrogen-bond acceptors (Lipinski definition) is 8. The number of carbonyl (C=O) groups is 4. The van der Waals surface area contributed by atoms with Crippen molar-refractivity contribution in [2.45, 2.75) is 65.1 Å². The van der Waals surface area contributed by atoms with Gasteiger partial charge in [0, 0.05) is 11.8 Å². The topological polar surface area (TPSA) is 121 Å². The first-order valence-corrected chi connectivity index (χ1v) is 11.2. The summed E-state index contributed by atoms with van der Waals surface area (Å²) in [6, 6.07) is 2.28. The zero-order chi connectivity index (χ0) is 23.6. The van der Waals surface area contributed by atoms with Gasteiger partial charge >= 0.3 is 11.9 Å². The molecule has 166 valence electrons. The molecule has 0 amide bonds. The molecule has 8 nitrogen and oxygen atoms in total. The second-order valence-corrected chi connectivity index (χ2v) is 10.3. The van der Waals surface area contributed by atoms with Crippen LogP contribution in [0.25, 0.3) is 0 Å². The Balaban J connectivity index is 3.64. The minimum Gasteiger partial charge on any atom is -0.459 e. The second-order valence-electron chi connectivity index (χ2n) is 8.28. The third-order valence-electron chi connectivity index (χ3n) is 3.95. The van der Waals surface area contributed by atoms with E-state index in [1.807, 2.05) is 0 Å². The fraction of sp³-hybridized carbons (Fsp3) is 0.524. The van der Waals surface area contributed by atoms with Crippen molar-refractivity contribution in [1.82, 2.24) is 0 Å². The maximum absolute atomic E-state index is 13.1. The Morgan fingerprint density at radius 3 is 1.97 bits per heavy atom. The number of esters is 2. The van der Waals surface area contributed by atoms with Crippen LogP contribution in [-0.4, -0.2) is 49.9 Å². The number of hydrogen-bond donors (Lipinski definition) is 0. The fourth-order valence-corrected chi connectivity index (χ4v) is 3.69. The van der Waals surface area contributed by atoms with Crippen molar-refractivity contribution in [2.75, 3.05) is 6.26 Å². The number of rotatable bonds is 7. The van der Waals surface area contributed by atoms with Gasteiger partial charge in [-0.05, 0) is 66.2 Å². The lowest BCUT2D eigenvalue weighted by Crippen LogP contribution is -2.37. The van der Waals surface area contributed by atoms with Gasteiger partial charge in [-0.15, -0.1) is 0 Å². The van der Waals surface area contributed by atoms with E-state index in [1.54, 1.807) is 34.6 Å². The molecule has 0 saturated heterocycles. The van der Waals surface area contributed by atoms with Gasteiger partial charge in [0.1, 0.15) is 5.60 Å². The van der Waals surface area contributed by atoms with Crippen LogP contribution in [0, 0.1) is 12.8 Å². The molecule has 0 aromatic heterocycles. The zero-order valence-electron chi connectivity index (χ0n) is 18.5. The molecule has 9 heteroatoms. The van der Waals surface area contributed by atoms with Gasteiger partial charge in [0.05, 0.1) is 16.6 Å². The lowest BCUT2D eigenvalue weighted by atomic mass is 9.89. The summed E-state index contributed by atoms with van der Waals surface area (Å²) in [5.41, 5.74) is -1.36. The molecule has 0 spiro atoms. The SMILES string of the molecule is CC(=O)C(C(=O)OC(C)(C)C)C(=O)c1ccc(S(C)(=O)=O)c(C(=O)OC(C)C)c1C. The van der Waals surface area contributed by atoms with Gasteiger partial charge in [0.15, 0.2) is 27.3 Å². The summed E-state index contributed by atoms with van der Waals surface area (Å²) in [6.07, 6.45) is 0.393. The Bertz CT molecular complexity index is 981. The summed E-state index contributed by atoms with van der Waals surface area (Å²) >= 11 is 0. The van der Waals surface area contributed by atoms with E-state index in [0.717, 1.165) is 19.2 Å². The van der Waals surface area contributed by atoms with Crippen LogP contribution >= 0.6 is 0 Å². The predicted octanol–water partition coefficient (Wildman–Crippen LogP) is 2.69. The van der Waals surface area contributed by atoms with E-state index < -0.39 is 51.0 Å². The largest absolute Gasteiger partial charge is 0.459 e. The molecule has 0 aliphatic rings. The van der Waals surface area contributed by atoms with Gasteiger partial charge in [0.25, 0.3) is 0 Å². The molecule has 0 aliphatic carbocycles. The third kappa shape index (κ3) is 6.22. The third-order valence-corrected chi connectivity index (χ3v) is 5.09. The molecule has 1 atom stereocenters. The Hall–Kier alpha value is -2.55. The summed E-state index contributed by atoms with van der Waals surface area (Å²) in [7, 11) is -3.83. The average molecular weight is 441 g/mol. The van der Waals surface area contributed by atoms with E-state index in [9.17, 15) is 27.6 Å². The molecule has 0 N–H and O–H groups in total. The van der Waals surface area contributed by atoms with Crippen LogP contribution in [0.4, 0.5) is 0 Å². The van der Waals surface area contributed by atoms with E-state index in [4.69, 9.17) is 9.47 Å². The highest BCUT2D eigenvalue weighted by Crippen LogP contribution is 2.27. The summed E-state index contributed by atoms with van der Waals surface area (Å²) in [5.74, 6) is -5.28. The van der Waals surface area contributed by atoms with Crippen LogP contribution in [0.2, 0.25) is 0 Å². The smallest absolute Gasteiger partial charge is 0.340 e. The lowest BCUT2D eigenvalue weighted by Gasteiger charge is -2.23. The first-order valence-electron chi connectivity index (χ1n) is 9.29. The quantitative estimate of drug-likeness (QED) is 0.360. The highest BCUT2D eigenvalue weighted by molar-refractivity contribution is 7.90. The molecule has 1 aromatic rings. The monoisotopic (exact) mass is 440 g/mol. The van der Waals surface area contributed by atoms with Crippen molar-refractivity contribution in [3.05, 3.63) is 28.8 Å². The standard InChI is InChI=1S/C21H28O8S/c1-11(2)28-19(24)16-12(3)14(9-10-15(16)30(8,26)27)18(23)17(13(4)22)20(25)29-21(5,6)7/h9-11,17H,1-8H3. The first-order chi connectivity index (χ1) is 13.5. The molecular weight excluding hydrogens is 412 g/mol. The minimum atomic E-state index is -3.83. The molecule has 0 fully saturated rings. The number of Topliss-reactive ketones (excluding diaryl/α,β-unsaturated/α-hetero) is 2. The van der Waals surface area contributed by atoms with Crippen LogP contribution in [0.1, 0.15) is 67.8 Å². The highest BCUT2D eigenvalue weighted by atomic mass is 32.2. The Labute approximate surface area is 176 Å². The molecule has 0 aliphatic heterocycles. The van der Waals surface area contributed by atoms with Crippen LogP contribution in [0.3, 0.4) is 0 Å².